The van der Waals surface area contributed by atoms with Gasteiger partial charge in [0.1, 0.15) is 18.2 Å². The van der Waals surface area contributed by atoms with Crippen molar-refractivity contribution in [3.63, 3.8) is 0 Å². The van der Waals surface area contributed by atoms with Gasteiger partial charge < -0.3 is 14.0 Å². The predicted octanol–water partition coefficient (Wildman–Crippen LogP) is 8.10. The normalized spacial score (nSPS) is 15.0. The first-order valence-corrected chi connectivity index (χ1v) is 16.2. The molecule has 0 saturated heterocycles. The molecule has 0 aliphatic heterocycles. The van der Waals surface area contributed by atoms with Crippen molar-refractivity contribution in [1.82, 2.24) is 9.88 Å². The predicted molar refractivity (Wildman–Crippen MR) is 164 cm³/mol. The standard InChI is InChI=1S/C33H44FN2O4P/c1-7-40-41(37)21-31(25-12-13-25)26-9-8-10-28(16-26)39-20-24-11-14-29(30-17-33(38-6)35-18-32(30)34)27(15-24)19-36(22(2)3)23(4)5/h8-11,14-18,22-23,25,31,41H,7,12-13,19-21H2,1-6H3. The summed E-state index contributed by atoms with van der Waals surface area (Å²) in [5, 5.41) is 0. The monoisotopic (exact) mass is 582 g/mol. The number of benzene rings is 2. The Kier molecular flexibility index (Phi) is 11.0. The summed E-state index contributed by atoms with van der Waals surface area (Å²) in [6, 6.07) is 16.5. The Morgan fingerprint density at radius 3 is 2.46 bits per heavy atom. The molecule has 6 nitrogen and oxygen atoms in total. The van der Waals surface area contributed by atoms with Crippen LogP contribution in [0.3, 0.4) is 0 Å². The van der Waals surface area contributed by atoms with E-state index >= 15 is 4.39 Å². The van der Waals surface area contributed by atoms with Crippen LogP contribution in [0.1, 0.15) is 70.1 Å². The number of halogens is 1. The minimum absolute atomic E-state index is 0.229. The van der Waals surface area contributed by atoms with Crippen LogP contribution < -0.4 is 9.47 Å². The number of hydrogen-bond donors (Lipinski definition) is 0. The van der Waals surface area contributed by atoms with Gasteiger partial charge in [0.15, 0.2) is 8.03 Å². The van der Waals surface area contributed by atoms with Crippen molar-refractivity contribution in [3.05, 3.63) is 77.2 Å². The molecule has 222 valence electrons. The van der Waals surface area contributed by atoms with Crippen LogP contribution in [-0.4, -0.2) is 41.8 Å². The highest BCUT2D eigenvalue weighted by atomic mass is 31.1. The van der Waals surface area contributed by atoms with E-state index in [0.29, 0.717) is 55.4 Å². The van der Waals surface area contributed by atoms with Gasteiger partial charge in [-0.1, -0.05) is 30.3 Å². The van der Waals surface area contributed by atoms with E-state index in [1.807, 2.05) is 31.2 Å². The molecule has 2 aromatic carbocycles. The lowest BCUT2D eigenvalue weighted by molar-refractivity contribution is 0.166. The molecule has 1 aromatic heterocycles. The number of nitrogens with zero attached hydrogens (tertiary/aromatic N) is 2. The smallest absolute Gasteiger partial charge is 0.213 e. The Bertz CT molecular complexity index is 1320. The topological polar surface area (TPSA) is 60.9 Å². The molecule has 2 atom stereocenters. The number of ether oxygens (including phenoxy) is 2. The Morgan fingerprint density at radius 2 is 1.80 bits per heavy atom. The van der Waals surface area contributed by atoms with E-state index in [1.165, 1.54) is 26.1 Å². The first-order chi connectivity index (χ1) is 19.7. The van der Waals surface area contributed by atoms with Gasteiger partial charge in [-0.15, -0.1) is 0 Å². The van der Waals surface area contributed by atoms with Gasteiger partial charge in [-0.2, -0.15) is 0 Å². The first kappa shape index (κ1) is 31.2. The highest BCUT2D eigenvalue weighted by Gasteiger charge is 2.33. The summed E-state index contributed by atoms with van der Waals surface area (Å²) in [6.07, 6.45) is 4.13. The summed E-state index contributed by atoms with van der Waals surface area (Å²) < 4.78 is 44.4. The van der Waals surface area contributed by atoms with Gasteiger partial charge in [0.25, 0.3) is 0 Å². The number of methoxy groups -OCH3 is 1. The zero-order chi connectivity index (χ0) is 29.5. The van der Waals surface area contributed by atoms with Gasteiger partial charge in [-0.3, -0.25) is 9.46 Å². The maximum absolute atomic E-state index is 15.0. The van der Waals surface area contributed by atoms with Crippen LogP contribution in [0, 0.1) is 11.7 Å². The Morgan fingerprint density at radius 1 is 1.05 bits per heavy atom. The molecule has 0 bridgehead atoms. The molecule has 1 aliphatic carbocycles. The second-order valence-corrected chi connectivity index (χ2v) is 12.8. The lowest BCUT2D eigenvalue weighted by Gasteiger charge is -2.31. The van der Waals surface area contributed by atoms with E-state index in [0.717, 1.165) is 28.0 Å². The molecule has 1 fully saturated rings. The lowest BCUT2D eigenvalue weighted by atomic mass is 9.96. The van der Waals surface area contributed by atoms with Gasteiger partial charge >= 0.3 is 0 Å². The molecular formula is C33H44FN2O4P. The third-order valence-electron chi connectivity index (χ3n) is 7.75. The molecule has 0 amide bonds. The van der Waals surface area contributed by atoms with Gasteiger partial charge in [-0.25, -0.2) is 9.37 Å². The van der Waals surface area contributed by atoms with Crippen molar-refractivity contribution in [2.24, 2.45) is 5.92 Å². The summed E-state index contributed by atoms with van der Waals surface area (Å²) in [5.74, 6) is 1.57. The highest BCUT2D eigenvalue weighted by molar-refractivity contribution is 7.39. The summed E-state index contributed by atoms with van der Waals surface area (Å²) in [7, 11) is -0.519. The van der Waals surface area contributed by atoms with Crippen molar-refractivity contribution in [3.8, 4) is 22.8 Å². The second-order valence-electron chi connectivity index (χ2n) is 11.4. The molecule has 0 radical (unpaired) electrons. The van der Waals surface area contributed by atoms with Crippen molar-refractivity contribution in [1.29, 1.82) is 0 Å². The lowest BCUT2D eigenvalue weighted by Crippen LogP contribution is -2.36. The molecule has 2 unspecified atom stereocenters. The zero-order valence-corrected chi connectivity index (χ0v) is 26.2. The Balaban J connectivity index is 1.59. The maximum atomic E-state index is 15.0. The van der Waals surface area contributed by atoms with Crippen LogP contribution in [0.2, 0.25) is 0 Å². The van der Waals surface area contributed by atoms with E-state index in [-0.39, 0.29) is 11.7 Å². The van der Waals surface area contributed by atoms with Crippen molar-refractivity contribution in [2.75, 3.05) is 19.9 Å². The van der Waals surface area contributed by atoms with Crippen LogP contribution in [0.4, 0.5) is 4.39 Å². The van der Waals surface area contributed by atoms with Gasteiger partial charge in [0.2, 0.25) is 5.88 Å². The summed E-state index contributed by atoms with van der Waals surface area (Å²) >= 11 is 0. The number of rotatable bonds is 15. The molecule has 3 aromatic rings. The van der Waals surface area contributed by atoms with Crippen molar-refractivity contribution in [2.45, 2.75) is 78.6 Å². The third kappa shape index (κ3) is 8.41. The van der Waals surface area contributed by atoms with E-state index < -0.39 is 8.03 Å². The quantitative estimate of drug-likeness (QED) is 0.169. The summed E-state index contributed by atoms with van der Waals surface area (Å²) in [5.41, 5.74) is 4.46. The van der Waals surface area contributed by atoms with Gasteiger partial charge in [0.05, 0.1) is 19.9 Å². The fraction of sp³-hybridized carbons (Fsp3) is 0.485. The van der Waals surface area contributed by atoms with Crippen molar-refractivity contribution < 1.29 is 23.0 Å². The minimum Gasteiger partial charge on any atom is -0.489 e. The van der Waals surface area contributed by atoms with Gasteiger partial charge in [0, 0.05) is 36.4 Å². The van der Waals surface area contributed by atoms with Crippen LogP contribution >= 0.6 is 8.03 Å². The molecule has 1 aliphatic rings. The SMILES string of the molecule is CCO[PH](=O)CC(c1cccc(OCc2ccc(-c3cc(OC)ncc3F)c(CN(C(C)C)C(C)C)c2)c1)C1CC1. The molecule has 4 rings (SSSR count). The van der Waals surface area contributed by atoms with Crippen LogP contribution in [-0.2, 0) is 22.2 Å². The fourth-order valence-electron chi connectivity index (χ4n) is 5.48. The Hall–Kier alpha value is -2.73. The molecule has 1 saturated carbocycles. The average Bonchev–Trinajstić information content (AvgIpc) is 3.79. The summed E-state index contributed by atoms with van der Waals surface area (Å²) in [6.45, 7) is 12.1. The van der Waals surface area contributed by atoms with Gasteiger partial charge in [-0.05, 0) is 93.7 Å². The second kappa shape index (κ2) is 14.4. The molecule has 1 heterocycles. The largest absolute Gasteiger partial charge is 0.489 e. The Labute approximate surface area is 245 Å². The summed E-state index contributed by atoms with van der Waals surface area (Å²) in [4.78, 5) is 6.40. The molecule has 0 spiro atoms. The van der Waals surface area contributed by atoms with Crippen LogP contribution in [0.15, 0.2) is 54.7 Å². The minimum atomic E-state index is -2.05. The molecule has 41 heavy (non-hydrogen) atoms. The first-order valence-electron chi connectivity index (χ1n) is 14.7. The van der Waals surface area contributed by atoms with E-state index in [4.69, 9.17) is 14.0 Å². The number of hydrogen-bond acceptors (Lipinski definition) is 6. The highest BCUT2D eigenvalue weighted by Crippen LogP contribution is 2.47. The maximum Gasteiger partial charge on any atom is 0.213 e. The van der Waals surface area contributed by atoms with E-state index in [9.17, 15) is 4.57 Å². The van der Waals surface area contributed by atoms with Crippen LogP contribution in [0.25, 0.3) is 11.1 Å². The van der Waals surface area contributed by atoms with E-state index in [2.05, 4.69) is 55.8 Å². The molecule has 8 heteroatoms. The molecular weight excluding hydrogens is 538 g/mol. The zero-order valence-electron chi connectivity index (χ0n) is 25.2. The number of aromatic nitrogens is 1. The van der Waals surface area contributed by atoms with E-state index in [1.54, 1.807) is 6.07 Å². The third-order valence-corrected chi connectivity index (χ3v) is 9.14. The number of pyridine rings is 1. The fourth-order valence-corrected chi connectivity index (χ4v) is 6.85. The van der Waals surface area contributed by atoms with Crippen LogP contribution in [0.5, 0.6) is 11.6 Å². The molecule has 0 N–H and O–H groups in total. The van der Waals surface area contributed by atoms with Crippen molar-refractivity contribution >= 4 is 8.03 Å². The average molecular weight is 583 g/mol.